The van der Waals surface area contributed by atoms with Crippen LogP contribution in [-0.4, -0.2) is 43.1 Å². The van der Waals surface area contributed by atoms with Crippen LogP contribution in [0.1, 0.15) is 46.9 Å². The Morgan fingerprint density at radius 1 is 0.895 bits per heavy atom. The first-order valence-electron chi connectivity index (χ1n) is 12.1. The van der Waals surface area contributed by atoms with Crippen molar-refractivity contribution in [3.8, 4) is 11.5 Å². The second-order valence-electron chi connectivity index (χ2n) is 9.16. The van der Waals surface area contributed by atoms with Crippen LogP contribution >= 0.6 is 0 Å². The van der Waals surface area contributed by atoms with E-state index in [0.717, 1.165) is 5.56 Å². The molecule has 1 atom stereocenters. The first kappa shape index (κ1) is 26.5. The number of methoxy groups -OCH3 is 2. The molecule has 4 rings (SSSR count). The van der Waals surface area contributed by atoms with Crippen LogP contribution in [0.5, 0.6) is 11.5 Å². The number of anilines is 1. The number of hydrogen-bond donors (Lipinski definition) is 1. The van der Waals surface area contributed by atoms with Gasteiger partial charge in [0.05, 0.1) is 37.5 Å². The molecule has 1 amide bonds. The number of ether oxygens (including phenoxy) is 3. The molecular weight excluding hydrogens is 486 g/mol. The number of aryl methyl sites for hydroxylation is 1. The number of hydrogen-bond acceptors (Lipinski definition) is 7. The number of ketones is 1. The van der Waals surface area contributed by atoms with Gasteiger partial charge in [-0.3, -0.25) is 14.5 Å². The quantitative estimate of drug-likeness (QED) is 0.200. The fourth-order valence-corrected chi connectivity index (χ4v) is 4.46. The summed E-state index contributed by atoms with van der Waals surface area (Å²) in [5.41, 5.74) is 2.30. The van der Waals surface area contributed by atoms with Crippen molar-refractivity contribution in [1.82, 2.24) is 0 Å². The summed E-state index contributed by atoms with van der Waals surface area (Å²) in [5.74, 6) is -1.77. The second kappa shape index (κ2) is 10.8. The average Bonchev–Trinajstić information content (AvgIpc) is 3.17. The van der Waals surface area contributed by atoms with Gasteiger partial charge < -0.3 is 19.3 Å². The predicted molar refractivity (Wildman–Crippen MR) is 143 cm³/mol. The van der Waals surface area contributed by atoms with Crippen molar-refractivity contribution >= 4 is 29.1 Å². The fraction of sp³-hybridized carbons (Fsp3) is 0.233. The number of aliphatic hydroxyl groups excluding tert-OH is 1. The minimum absolute atomic E-state index is 0.0806. The van der Waals surface area contributed by atoms with Crippen molar-refractivity contribution in [1.29, 1.82) is 0 Å². The van der Waals surface area contributed by atoms with E-state index in [1.54, 1.807) is 50.2 Å². The highest BCUT2D eigenvalue weighted by Gasteiger charge is 2.47. The lowest BCUT2D eigenvalue weighted by Gasteiger charge is -2.26. The Labute approximate surface area is 221 Å². The largest absolute Gasteiger partial charge is 0.507 e. The van der Waals surface area contributed by atoms with Gasteiger partial charge in [0.1, 0.15) is 5.76 Å². The number of aliphatic hydroxyl groups is 1. The molecule has 1 fully saturated rings. The van der Waals surface area contributed by atoms with E-state index in [9.17, 15) is 19.5 Å². The number of esters is 1. The highest BCUT2D eigenvalue weighted by molar-refractivity contribution is 6.51. The van der Waals surface area contributed by atoms with E-state index in [0.29, 0.717) is 22.7 Å². The molecule has 1 aliphatic heterocycles. The molecule has 3 aromatic carbocycles. The molecule has 1 N–H and O–H groups in total. The molecule has 0 aliphatic carbocycles. The molecule has 38 heavy (non-hydrogen) atoms. The molecule has 0 saturated carbocycles. The molecule has 1 aliphatic rings. The van der Waals surface area contributed by atoms with Gasteiger partial charge in [-0.2, -0.15) is 0 Å². The van der Waals surface area contributed by atoms with Gasteiger partial charge in [0, 0.05) is 11.3 Å². The summed E-state index contributed by atoms with van der Waals surface area (Å²) in [4.78, 5) is 40.8. The SMILES string of the molecule is COc1ccc(/C(O)=C2\C(=O)C(=O)N(c3cccc(C(=O)OC(C)C)c3)C2c2cccc(C)c2)cc1OC. The molecule has 0 spiro atoms. The van der Waals surface area contributed by atoms with E-state index >= 15 is 0 Å². The summed E-state index contributed by atoms with van der Waals surface area (Å²) < 4.78 is 15.9. The molecule has 1 heterocycles. The summed E-state index contributed by atoms with van der Waals surface area (Å²) in [6.07, 6.45) is -0.325. The minimum atomic E-state index is -0.945. The van der Waals surface area contributed by atoms with Crippen molar-refractivity contribution < 1.29 is 33.7 Å². The lowest BCUT2D eigenvalue weighted by Crippen LogP contribution is -2.29. The lowest BCUT2D eigenvalue weighted by atomic mass is 9.94. The molecule has 0 radical (unpaired) electrons. The average molecular weight is 516 g/mol. The van der Waals surface area contributed by atoms with Gasteiger partial charge in [0.2, 0.25) is 0 Å². The standard InChI is InChI=1S/C30H29NO7/c1-17(2)38-30(35)21-10-7-11-22(15-21)31-26(19-9-6-8-18(3)14-19)25(28(33)29(31)34)27(32)20-12-13-23(36-4)24(16-20)37-5/h6-17,26,32H,1-5H3/b27-25+. The third-order valence-corrected chi connectivity index (χ3v) is 6.16. The van der Waals surface area contributed by atoms with Crippen LogP contribution < -0.4 is 14.4 Å². The second-order valence-corrected chi connectivity index (χ2v) is 9.16. The topological polar surface area (TPSA) is 102 Å². The number of nitrogens with zero attached hydrogens (tertiary/aromatic N) is 1. The van der Waals surface area contributed by atoms with Crippen LogP contribution in [0, 0.1) is 6.92 Å². The molecular formula is C30H29NO7. The fourth-order valence-electron chi connectivity index (χ4n) is 4.46. The molecule has 196 valence electrons. The van der Waals surface area contributed by atoms with Gasteiger partial charge in [-0.05, 0) is 62.7 Å². The van der Waals surface area contributed by atoms with Crippen molar-refractivity contribution in [3.05, 3.63) is 94.6 Å². The highest BCUT2D eigenvalue weighted by atomic mass is 16.5. The Hall–Kier alpha value is -4.59. The normalized spacial score (nSPS) is 16.6. The zero-order chi connectivity index (χ0) is 27.6. The van der Waals surface area contributed by atoms with Gasteiger partial charge in [0.15, 0.2) is 11.5 Å². The molecule has 1 saturated heterocycles. The van der Waals surface area contributed by atoms with Crippen molar-refractivity contribution in [3.63, 3.8) is 0 Å². The Morgan fingerprint density at radius 3 is 2.26 bits per heavy atom. The Morgan fingerprint density at radius 2 is 1.61 bits per heavy atom. The minimum Gasteiger partial charge on any atom is -0.507 e. The Bertz CT molecular complexity index is 1440. The molecule has 1 unspecified atom stereocenters. The molecule has 8 heteroatoms. The number of rotatable bonds is 7. The van der Waals surface area contributed by atoms with E-state index in [4.69, 9.17) is 14.2 Å². The lowest BCUT2D eigenvalue weighted by molar-refractivity contribution is -0.132. The van der Waals surface area contributed by atoms with Crippen LogP contribution in [0.25, 0.3) is 5.76 Å². The van der Waals surface area contributed by atoms with Gasteiger partial charge in [-0.15, -0.1) is 0 Å². The monoisotopic (exact) mass is 515 g/mol. The molecule has 8 nitrogen and oxygen atoms in total. The van der Waals surface area contributed by atoms with Crippen LogP contribution in [0.4, 0.5) is 5.69 Å². The smallest absolute Gasteiger partial charge is 0.338 e. The van der Waals surface area contributed by atoms with Crippen molar-refractivity contribution in [2.45, 2.75) is 32.9 Å². The van der Waals surface area contributed by atoms with Crippen LogP contribution in [0.15, 0.2) is 72.3 Å². The summed E-state index contributed by atoms with van der Waals surface area (Å²) >= 11 is 0. The van der Waals surface area contributed by atoms with Gasteiger partial charge in [-0.25, -0.2) is 4.79 Å². The summed E-state index contributed by atoms with van der Waals surface area (Å²) in [6, 6.07) is 17.5. The Balaban J connectivity index is 1.91. The summed E-state index contributed by atoms with van der Waals surface area (Å²) in [7, 11) is 2.95. The first-order valence-corrected chi connectivity index (χ1v) is 12.1. The zero-order valence-electron chi connectivity index (χ0n) is 21.8. The van der Waals surface area contributed by atoms with E-state index in [1.165, 1.54) is 31.3 Å². The maximum absolute atomic E-state index is 13.5. The molecule has 0 aromatic heterocycles. The third kappa shape index (κ3) is 4.98. The van der Waals surface area contributed by atoms with Crippen LogP contribution in [-0.2, 0) is 14.3 Å². The number of carbonyl (C=O) groups is 3. The van der Waals surface area contributed by atoms with Crippen LogP contribution in [0.2, 0.25) is 0 Å². The highest BCUT2D eigenvalue weighted by Crippen LogP contribution is 2.43. The Kier molecular flexibility index (Phi) is 7.52. The van der Waals surface area contributed by atoms with Gasteiger partial charge >= 0.3 is 5.97 Å². The number of amides is 1. The van der Waals surface area contributed by atoms with E-state index in [1.807, 2.05) is 25.1 Å². The van der Waals surface area contributed by atoms with Gasteiger partial charge in [-0.1, -0.05) is 35.9 Å². The third-order valence-electron chi connectivity index (χ3n) is 6.16. The zero-order valence-corrected chi connectivity index (χ0v) is 21.8. The summed E-state index contributed by atoms with van der Waals surface area (Å²) in [6.45, 7) is 5.38. The first-order chi connectivity index (χ1) is 18.2. The van der Waals surface area contributed by atoms with E-state index in [-0.39, 0.29) is 28.6 Å². The molecule has 0 bridgehead atoms. The van der Waals surface area contributed by atoms with Crippen molar-refractivity contribution in [2.24, 2.45) is 0 Å². The van der Waals surface area contributed by atoms with Gasteiger partial charge in [0.25, 0.3) is 11.7 Å². The summed E-state index contributed by atoms with van der Waals surface area (Å²) in [5, 5.41) is 11.4. The van der Waals surface area contributed by atoms with Crippen LogP contribution in [0.3, 0.4) is 0 Å². The van der Waals surface area contributed by atoms with Crippen molar-refractivity contribution in [2.75, 3.05) is 19.1 Å². The molecule has 3 aromatic rings. The number of benzene rings is 3. The number of carbonyl (C=O) groups excluding carboxylic acids is 3. The van der Waals surface area contributed by atoms with E-state index in [2.05, 4.69) is 0 Å². The van der Waals surface area contributed by atoms with E-state index < -0.39 is 23.7 Å². The number of Topliss-reactive ketones (excluding diaryl/α,β-unsaturated/α-hetero) is 1. The maximum Gasteiger partial charge on any atom is 0.338 e. The maximum atomic E-state index is 13.5. The predicted octanol–water partition coefficient (Wildman–Crippen LogP) is 5.20.